The normalized spacial score (nSPS) is 12.8. The number of ether oxygens (including phenoxy) is 1. The zero-order valence-electron chi connectivity index (χ0n) is 17.8. The molecule has 10 heteroatoms. The van der Waals surface area contributed by atoms with Crippen molar-refractivity contribution >= 4 is 22.5 Å². The summed E-state index contributed by atoms with van der Waals surface area (Å²) < 4.78 is 22.3. The molecule has 0 aliphatic carbocycles. The first-order valence-electron chi connectivity index (χ1n) is 9.87. The predicted molar refractivity (Wildman–Crippen MR) is 115 cm³/mol. The lowest BCUT2D eigenvalue weighted by atomic mass is 9.96. The lowest BCUT2D eigenvalue weighted by Crippen LogP contribution is -2.22. The number of alkyl halides is 1. The van der Waals surface area contributed by atoms with E-state index in [1.807, 2.05) is 44.3 Å². The molecule has 160 valence electrons. The number of nitrogens with one attached hydrogen (secondary N) is 1. The third-order valence-electron chi connectivity index (χ3n) is 4.91. The Morgan fingerprint density at radius 3 is 2.84 bits per heavy atom. The number of nitrogens with zero attached hydrogens (tertiary/aromatic N) is 7. The van der Waals surface area contributed by atoms with Crippen LogP contribution >= 0.6 is 0 Å². The molecular weight excluding hydrogens is 399 g/mol. The van der Waals surface area contributed by atoms with Crippen molar-refractivity contribution in [3.8, 4) is 23.1 Å². The van der Waals surface area contributed by atoms with Crippen LogP contribution in [-0.2, 0) is 6.54 Å². The van der Waals surface area contributed by atoms with E-state index in [1.54, 1.807) is 16.3 Å². The van der Waals surface area contributed by atoms with E-state index in [0.717, 1.165) is 16.6 Å². The molecule has 0 amide bonds. The number of methoxy groups -OCH3 is 1. The molecule has 3 heterocycles. The van der Waals surface area contributed by atoms with E-state index in [-0.39, 0.29) is 6.54 Å². The van der Waals surface area contributed by atoms with Crippen LogP contribution < -0.4 is 10.1 Å². The van der Waals surface area contributed by atoms with Gasteiger partial charge in [-0.1, -0.05) is 11.3 Å². The molecule has 0 unspecified atom stereocenters. The number of anilines is 1. The van der Waals surface area contributed by atoms with E-state index in [1.165, 1.54) is 6.92 Å². The Morgan fingerprint density at radius 1 is 1.32 bits per heavy atom. The molecule has 9 nitrogen and oxygen atoms in total. The van der Waals surface area contributed by atoms with Crippen molar-refractivity contribution < 1.29 is 9.13 Å². The molecule has 0 spiro atoms. The second-order valence-electron chi connectivity index (χ2n) is 8.07. The third-order valence-corrected chi connectivity index (χ3v) is 4.91. The molecule has 0 bridgehead atoms. The van der Waals surface area contributed by atoms with Gasteiger partial charge in [0.25, 0.3) is 0 Å². The molecule has 1 aromatic carbocycles. The summed E-state index contributed by atoms with van der Waals surface area (Å²) in [5.41, 5.74) is 3.34. The van der Waals surface area contributed by atoms with Crippen molar-refractivity contribution in [3.05, 3.63) is 30.5 Å². The molecular formula is C21H23FN8O. The van der Waals surface area contributed by atoms with E-state index in [0.29, 0.717) is 29.4 Å². The van der Waals surface area contributed by atoms with Gasteiger partial charge in [0, 0.05) is 18.3 Å². The molecule has 4 aromatic rings. The lowest BCUT2D eigenvalue weighted by molar-refractivity contribution is 0.310. The second-order valence-corrected chi connectivity index (χ2v) is 8.07. The average molecular weight is 422 g/mol. The Morgan fingerprint density at radius 2 is 2.13 bits per heavy atom. The van der Waals surface area contributed by atoms with Gasteiger partial charge in [-0.3, -0.25) is 0 Å². The van der Waals surface area contributed by atoms with E-state index in [4.69, 9.17) is 4.74 Å². The zero-order chi connectivity index (χ0) is 22.2. The summed E-state index contributed by atoms with van der Waals surface area (Å²) in [6, 6.07) is 9.87. The Bertz CT molecular complexity index is 1280. The van der Waals surface area contributed by atoms with Crippen LogP contribution in [0.15, 0.2) is 30.5 Å². The highest BCUT2D eigenvalue weighted by Crippen LogP contribution is 2.33. The van der Waals surface area contributed by atoms with Gasteiger partial charge in [0.15, 0.2) is 0 Å². The number of aromatic nitrogens is 6. The van der Waals surface area contributed by atoms with Gasteiger partial charge in [0.05, 0.1) is 30.7 Å². The van der Waals surface area contributed by atoms with Crippen LogP contribution in [-0.4, -0.2) is 49.4 Å². The number of hydrogen-bond donors (Lipinski definition) is 1. The molecule has 0 aliphatic rings. The number of hydrogen-bond acceptors (Lipinski definition) is 7. The smallest absolute Gasteiger partial charge is 0.244 e. The number of fused-ring (bicyclic) bond motifs is 2. The van der Waals surface area contributed by atoms with Crippen molar-refractivity contribution in [2.24, 2.45) is 5.41 Å². The van der Waals surface area contributed by atoms with E-state index in [2.05, 4.69) is 31.8 Å². The zero-order valence-corrected chi connectivity index (χ0v) is 17.8. The molecule has 0 saturated carbocycles. The van der Waals surface area contributed by atoms with Gasteiger partial charge in [-0.05, 0) is 44.5 Å². The van der Waals surface area contributed by atoms with Crippen LogP contribution in [0, 0.1) is 16.7 Å². The van der Waals surface area contributed by atoms with Crippen LogP contribution in [0.1, 0.15) is 20.8 Å². The molecule has 4 rings (SSSR count). The maximum Gasteiger partial charge on any atom is 0.244 e. The molecule has 3 aromatic heterocycles. The van der Waals surface area contributed by atoms with Crippen LogP contribution in [0.25, 0.3) is 27.7 Å². The summed E-state index contributed by atoms with van der Waals surface area (Å²) in [5.74, 6) is 0.765. The van der Waals surface area contributed by atoms with E-state index in [9.17, 15) is 9.65 Å². The van der Waals surface area contributed by atoms with Gasteiger partial charge in [-0.2, -0.15) is 10.2 Å². The fourth-order valence-electron chi connectivity index (χ4n) is 3.29. The first kappa shape index (κ1) is 20.5. The SMILES string of the molecule is COc1nc(NCC(C)(C)C#N)nn2ccc(-c3ccc4nnn(C[C@H](C)F)c4c3)c12. The average Bonchev–Trinajstić information content (AvgIpc) is 3.35. The van der Waals surface area contributed by atoms with Crippen LogP contribution in [0.2, 0.25) is 0 Å². The highest BCUT2D eigenvalue weighted by Gasteiger charge is 2.19. The highest BCUT2D eigenvalue weighted by molar-refractivity contribution is 5.89. The second kappa shape index (κ2) is 7.83. The fourth-order valence-corrected chi connectivity index (χ4v) is 3.29. The first-order chi connectivity index (χ1) is 14.8. The van der Waals surface area contributed by atoms with E-state index >= 15 is 0 Å². The molecule has 0 saturated heterocycles. The molecule has 0 radical (unpaired) electrons. The minimum atomic E-state index is -1.03. The maximum atomic E-state index is 13.5. The molecule has 1 N–H and O–H groups in total. The summed E-state index contributed by atoms with van der Waals surface area (Å²) in [6.45, 7) is 5.69. The summed E-state index contributed by atoms with van der Waals surface area (Å²) in [4.78, 5) is 4.47. The standard InChI is InChI=1S/C21H23FN8O/c1-13(22)10-30-17-9-14(5-6-16(17)26-28-30)15-7-8-29-18(15)19(31-4)25-20(27-29)24-12-21(2,3)11-23/h5-9,13H,10,12H2,1-4H3,(H,24,27)/t13-/m0/s1. The minimum Gasteiger partial charge on any atom is -0.479 e. The number of benzene rings is 1. The molecule has 0 aliphatic heterocycles. The van der Waals surface area contributed by atoms with Gasteiger partial charge in [-0.15, -0.1) is 10.2 Å². The molecule has 31 heavy (non-hydrogen) atoms. The van der Waals surface area contributed by atoms with Crippen LogP contribution in [0.3, 0.4) is 0 Å². The fraction of sp³-hybridized carbons (Fsp3) is 0.381. The van der Waals surface area contributed by atoms with Crippen molar-refractivity contribution in [3.63, 3.8) is 0 Å². The Labute approximate surface area is 178 Å². The maximum absolute atomic E-state index is 13.5. The van der Waals surface area contributed by atoms with E-state index < -0.39 is 11.6 Å². The third kappa shape index (κ3) is 3.99. The van der Waals surface area contributed by atoms with Crippen LogP contribution in [0.4, 0.5) is 10.3 Å². The van der Waals surface area contributed by atoms with Crippen molar-refractivity contribution in [1.82, 2.24) is 29.6 Å². The number of nitriles is 1. The lowest BCUT2D eigenvalue weighted by Gasteiger charge is -2.16. The summed E-state index contributed by atoms with van der Waals surface area (Å²) >= 11 is 0. The Hall–Kier alpha value is -3.74. The van der Waals surface area contributed by atoms with Gasteiger partial charge < -0.3 is 10.1 Å². The van der Waals surface area contributed by atoms with Crippen molar-refractivity contribution in [2.45, 2.75) is 33.5 Å². The quantitative estimate of drug-likeness (QED) is 0.486. The topological polar surface area (TPSA) is 106 Å². The largest absolute Gasteiger partial charge is 0.479 e. The molecule has 1 atom stereocenters. The minimum absolute atomic E-state index is 0.136. The van der Waals surface area contributed by atoms with Crippen molar-refractivity contribution in [2.75, 3.05) is 19.0 Å². The number of rotatable bonds is 7. The highest BCUT2D eigenvalue weighted by atomic mass is 19.1. The van der Waals surface area contributed by atoms with Crippen molar-refractivity contribution in [1.29, 1.82) is 5.26 Å². The number of halogens is 1. The van der Waals surface area contributed by atoms with Gasteiger partial charge >= 0.3 is 0 Å². The Balaban J connectivity index is 1.76. The summed E-state index contributed by atoms with van der Waals surface area (Å²) in [7, 11) is 1.55. The van der Waals surface area contributed by atoms with Gasteiger partial charge in [0.1, 0.15) is 17.2 Å². The monoisotopic (exact) mass is 422 g/mol. The predicted octanol–water partition coefficient (Wildman–Crippen LogP) is 3.47. The summed E-state index contributed by atoms with van der Waals surface area (Å²) in [6.07, 6.45) is 0.785. The molecule has 0 fully saturated rings. The Kier molecular flexibility index (Phi) is 5.19. The first-order valence-corrected chi connectivity index (χ1v) is 9.87. The summed E-state index contributed by atoms with van der Waals surface area (Å²) in [5, 5.41) is 25.0. The van der Waals surface area contributed by atoms with Crippen LogP contribution in [0.5, 0.6) is 5.88 Å². The van der Waals surface area contributed by atoms with Gasteiger partial charge in [0.2, 0.25) is 11.8 Å². The van der Waals surface area contributed by atoms with Gasteiger partial charge in [-0.25, -0.2) is 13.6 Å².